The minimum atomic E-state index is -0.799. The van der Waals surface area contributed by atoms with E-state index in [9.17, 15) is 4.79 Å². The van der Waals surface area contributed by atoms with Crippen LogP contribution in [-0.2, 0) is 23.2 Å². The highest BCUT2D eigenvalue weighted by molar-refractivity contribution is 5.92. The monoisotopic (exact) mass is 251 g/mol. The molecule has 1 unspecified atom stereocenters. The summed E-state index contributed by atoms with van der Waals surface area (Å²) in [6.45, 7) is 0. The molecule has 0 aliphatic heterocycles. The van der Waals surface area contributed by atoms with Crippen molar-refractivity contribution in [2.24, 2.45) is 5.73 Å². The first kappa shape index (κ1) is 12.1. The number of fused-ring (bicyclic) bond motifs is 1. The zero-order valence-electron chi connectivity index (χ0n) is 10.8. The number of rotatable bonds is 3. The van der Waals surface area contributed by atoms with Crippen LogP contribution in [0.15, 0.2) is 54.6 Å². The van der Waals surface area contributed by atoms with Crippen molar-refractivity contribution in [1.29, 1.82) is 0 Å². The van der Waals surface area contributed by atoms with E-state index in [2.05, 4.69) is 6.07 Å². The van der Waals surface area contributed by atoms with E-state index in [-0.39, 0.29) is 5.78 Å². The lowest BCUT2D eigenvalue weighted by Crippen LogP contribution is -2.43. The second-order valence-corrected chi connectivity index (χ2v) is 5.21. The average molecular weight is 251 g/mol. The van der Waals surface area contributed by atoms with Crippen LogP contribution in [0.25, 0.3) is 0 Å². The lowest BCUT2D eigenvalue weighted by molar-refractivity contribution is -0.123. The van der Waals surface area contributed by atoms with E-state index < -0.39 is 5.54 Å². The Morgan fingerprint density at radius 3 is 2.53 bits per heavy atom. The average Bonchev–Trinajstić information content (AvgIpc) is 2.80. The third-order valence-corrected chi connectivity index (χ3v) is 3.99. The fourth-order valence-electron chi connectivity index (χ4n) is 2.87. The largest absolute Gasteiger partial charge is 0.315 e. The van der Waals surface area contributed by atoms with Crippen molar-refractivity contribution in [3.8, 4) is 0 Å². The minimum Gasteiger partial charge on any atom is -0.315 e. The number of aryl methyl sites for hydroxylation is 1. The number of benzene rings is 2. The summed E-state index contributed by atoms with van der Waals surface area (Å²) in [6, 6.07) is 17.8. The van der Waals surface area contributed by atoms with Crippen LogP contribution in [0.5, 0.6) is 0 Å². The van der Waals surface area contributed by atoms with Crippen molar-refractivity contribution in [2.45, 2.75) is 24.8 Å². The van der Waals surface area contributed by atoms with Gasteiger partial charge in [-0.25, -0.2) is 0 Å². The summed E-state index contributed by atoms with van der Waals surface area (Å²) in [5.74, 6) is 0.114. The first-order valence-electron chi connectivity index (χ1n) is 6.65. The van der Waals surface area contributed by atoms with E-state index in [1.54, 1.807) is 0 Å². The lowest BCUT2D eigenvalue weighted by Gasteiger charge is -2.24. The van der Waals surface area contributed by atoms with Crippen LogP contribution in [0, 0.1) is 0 Å². The molecule has 0 saturated heterocycles. The Labute approximate surface area is 113 Å². The zero-order valence-corrected chi connectivity index (χ0v) is 10.8. The van der Waals surface area contributed by atoms with Gasteiger partial charge in [0.05, 0.1) is 0 Å². The molecule has 1 aliphatic carbocycles. The van der Waals surface area contributed by atoms with Crippen LogP contribution in [0.2, 0.25) is 0 Å². The van der Waals surface area contributed by atoms with Crippen molar-refractivity contribution < 1.29 is 4.79 Å². The summed E-state index contributed by atoms with van der Waals surface area (Å²) >= 11 is 0. The van der Waals surface area contributed by atoms with Crippen LogP contribution in [-0.4, -0.2) is 5.78 Å². The normalized spacial score (nSPS) is 21.1. The molecule has 19 heavy (non-hydrogen) atoms. The van der Waals surface area contributed by atoms with Gasteiger partial charge >= 0.3 is 0 Å². The maximum absolute atomic E-state index is 12.6. The molecule has 96 valence electrons. The molecule has 0 spiro atoms. The lowest BCUT2D eigenvalue weighted by atomic mass is 9.85. The molecule has 0 bridgehead atoms. The van der Waals surface area contributed by atoms with Gasteiger partial charge in [-0.15, -0.1) is 0 Å². The van der Waals surface area contributed by atoms with E-state index in [4.69, 9.17) is 5.73 Å². The number of ketones is 1. The molecule has 1 aliphatic rings. The van der Waals surface area contributed by atoms with Gasteiger partial charge in [0.15, 0.2) is 5.78 Å². The molecule has 0 fully saturated rings. The van der Waals surface area contributed by atoms with Gasteiger partial charge in [-0.1, -0.05) is 54.6 Å². The van der Waals surface area contributed by atoms with Gasteiger partial charge in [0.2, 0.25) is 0 Å². The Morgan fingerprint density at radius 2 is 1.74 bits per heavy atom. The first-order chi connectivity index (χ1) is 9.20. The highest BCUT2D eigenvalue weighted by Crippen LogP contribution is 2.36. The van der Waals surface area contributed by atoms with Crippen molar-refractivity contribution in [1.82, 2.24) is 0 Å². The van der Waals surface area contributed by atoms with Gasteiger partial charge in [-0.3, -0.25) is 4.79 Å². The molecule has 0 aromatic heterocycles. The Kier molecular flexibility index (Phi) is 2.96. The molecule has 2 heteroatoms. The molecule has 0 heterocycles. The van der Waals surface area contributed by atoms with E-state index in [0.717, 1.165) is 24.0 Å². The Morgan fingerprint density at radius 1 is 1.05 bits per heavy atom. The SMILES string of the molecule is NC1(C(=O)Cc2ccccc2)CCc2ccccc21. The van der Waals surface area contributed by atoms with Gasteiger partial charge < -0.3 is 5.73 Å². The van der Waals surface area contributed by atoms with Gasteiger partial charge in [0.25, 0.3) is 0 Å². The second kappa shape index (κ2) is 4.63. The number of carbonyl (C=O) groups excluding carboxylic acids is 1. The minimum absolute atomic E-state index is 0.114. The predicted octanol–water partition coefficient (Wildman–Crippen LogP) is 2.60. The zero-order chi connectivity index (χ0) is 13.3. The number of carbonyl (C=O) groups is 1. The van der Waals surface area contributed by atoms with Crippen molar-refractivity contribution in [3.63, 3.8) is 0 Å². The van der Waals surface area contributed by atoms with Gasteiger partial charge in [-0.2, -0.15) is 0 Å². The molecule has 2 N–H and O–H groups in total. The standard InChI is InChI=1S/C17H17NO/c18-17(11-10-14-8-4-5-9-15(14)17)16(19)12-13-6-2-1-3-7-13/h1-9H,10-12,18H2. The third kappa shape index (κ3) is 2.08. The maximum Gasteiger partial charge on any atom is 0.161 e. The van der Waals surface area contributed by atoms with Crippen LogP contribution < -0.4 is 5.73 Å². The van der Waals surface area contributed by atoms with Crippen molar-refractivity contribution in [2.75, 3.05) is 0 Å². The summed E-state index contributed by atoms with van der Waals surface area (Å²) in [7, 11) is 0. The quantitative estimate of drug-likeness (QED) is 0.911. The number of Topliss-reactive ketones (excluding diaryl/α,β-unsaturated/α-hetero) is 1. The van der Waals surface area contributed by atoms with Crippen LogP contribution in [0.3, 0.4) is 0 Å². The highest BCUT2D eigenvalue weighted by atomic mass is 16.1. The van der Waals surface area contributed by atoms with Crippen molar-refractivity contribution >= 4 is 5.78 Å². The second-order valence-electron chi connectivity index (χ2n) is 5.21. The molecule has 1 atom stereocenters. The molecule has 0 radical (unpaired) electrons. The Bertz CT molecular complexity index is 606. The van der Waals surface area contributed by atoms with Crippen molar-refractivity contribution in [3.05, 3.63) is 71.3 Å². The topological polar surface area (TPSA) is 43.1 Å². The van der Waals surface area contributed by atoms with Crippen LogP contribution in [0.1, 0.15) is 23.1 Å². The Balaban J connectivity index is 1.88. The molecule has 3 rings (SSSR count). The molecule has 2 aromatic rings. The van der Waals surface area contributed by atoms with E-state index in [1.165, 1.54) is 5.56 Å². The van der Waals surface area contributed by atoms with Gasteiger partial charge in [0.1, 0.15) is 5.54 Å². The Hall–Kier alpha value is -1.93. The molecule has 0 amide bonds. The molecule has 0 saturated carbocycles. The molecule has 2 nitrogen and oxygen atoms in total. The fourth-order valence-corrected chi connectivity index (χ4v) is 2.87. The molecule has 2 aromatic carbocycles. The summed E-state index contributed by atoms with van der Waals surface area (Å²) in [5, 5.41) is 0. The van der Waals surface area contributed by atoms with Crippen LogP contribution >= 0.6 is 0 Å². The first-order valence-corrected chi connectivity index (χ1v) is 6.65. The summed E-state index contributed by atoms with van der Waals surface area (Å²) in [4.78, 5) is 12.6. The fraction of sp³-hybridized carbons (Fsp3) is 0.235. The van der Waals surface area contributed by atoms with E-state index in [1.807, 2.05) is 48.5 Å². The number of hydrogen-bond donors (Lipinski definition) is 1. The third-order valence-electron chi connectivity index (χ3n) is 3.99. The number of hydrogen-bond acceptors (Lipinski definition) is 2. The van der Waals surface area contributed by atoms with Gasteiger partial charge in [0, 0.05) is 6.42 Å². The summed E-state index contributed by atoms with van der Waals surface area (Å²) in [5.41, 5.74) is 8.87. The van der Waals surface area contributed by atoms with E-state index >= 15 is 0 Å². The van der Waals surface area contributed by atoms with Gasteiger partial charge in [-0.05, 0) is 29.5 Å². The molecular formula is C17H17NO. The van der Waals surface area contributed by atoms with Crippen LogP contribution in [0.4, 0.5) is 0 Å². The maximum atomic E-state index is 12.6. The smallest absolute Gasteiger partial charge is 0.161 e. The predicted molar refractivity (Wildman–Crippen MR) is 75.8 cm³/mol. The molecular weight excluding hydrogens is 234 g/mol. The number of nitrogens with two attached hydrogens (primary N) is 1. The van der Waals surface area contributed by atoms with E-state index in [0.29, 0.717) is 6.42 Å². The summed E-state index contributed by atoms with van der Waals surface area (Å²) in [6.07, 6.45) is 2.02. The summed E-state index contributed by atoms with van der Waals surface area (Å²) < 4.78 is 0. The highest BCUT2D eigenvalue weighted by Gasteiger charge is 2.40.